The number of alkyl halides is 3. The molecule has 1 N–H and O–H groups in total. The molecular formula is C13H10BrF4NO. The zero-order valence-electron chi connectivity index (χ0n) is 10.0. The van der Waals surface area contributed by atoms with Crippen molar-refractivity contribution in [1.82, 2.24) is 4.57 Å². The molecule has 0 fully saturated rings. The standard InChI is InChI=1S/C13H10BrF4NO/c14-10-2-1-8(11(15)5-10)6-19-4-3-9(7-19)12(20)13(16,17)18/h1-5,7,12,20H,6H2. The van der Waals surface area contributed by atoms with Crippen molar-refractivity contribution in [3.63, 3.8) is 0 Å². The fourth-order valence-electron chi connectivity index (χ4n) is 1.76. The molecule has 0 amide bonds. The summed E-state index contributed by atoms with van der Waals surface area (Å²) in [5, 5.41) is 9.11. The zero-order chi connectivity index (χ0) is 14.9. The summed E-state index contributed by atoms with van der Waals surface area (Å²) in [5.74, 6) is -0.453. The minimum absolute atomic E-state index is 0.0870. The Labute approximate surface area is 120 Å². The van der Waals surface area contributed by atoms with Gasteiger partial charge in [0.1, 0.15) is 5.82 Å². The van der Waals surface area contributed by atoms with Gasteiger partial charge in [-0.25, -0.2) is 4.39 Å². The molecule has 0 saturated carbocycles. The molecule has 1 atom stereocenters. The Hall–Kier alpha value is -1.34. The van der Waals surface area contributed by atoms with Crippen LogP contribution in [0.2, 0.25) is 0 Å². The van der Waals surface area contributed by atoms with Crippen LogP contribution in [0, 0.1) is 5.82 Å². The van der Waals surface area contributed by atoms with Gasteiger partial charge in [0.05, 0.1) is 0 Å². The summed E-state index contributed by atoms with van der Waals surface area (Å²) in [6.07, 6.45) is -4.72. The van der Waals surface area contributed by atoms with Crippen LogP contribution in [0.15, 0.2) is 41.1 Å². The van der Waals surface area contributed by atoms with Gasteiger partial charge >= 0.3 is 6.18 Å². The van der Waals surface area contributed by atoms with Crippen LogP contribution in [0.25, 0.3) is 0 Å². The molecule has 2 nitrogen and oxygen atoms in total. The largest absolute Gasteiger partial charge is 0.418 e. The van der Waals surface area contributed by atoms with E-state index in [2.05, 4.69) is 15.9 Å². The fourth-order valence-corrected chi connectivity index (χ4v) is 2.09. The van der Waals surface area contributed by atoms with Crippen LogP contribution >= 0.6 is 15.9 Å². The number of aliphatic hydroxyl groups is 1. The van der Waals surface area contributed by atoms with Crippen LogP contribution in [-0.2, 0) is 6.54 Å². The lowest BCUT2D eigenvalue weighted by Crippen LogP contribution is -2.19. The van der Waals surface area contributed by atoms with Crippen molar-refractivity contribution in [3.05, 3.63) is 58.1 Å². The molecule has 7 heteroatoms. The summed E-state index contributed by atoms with van der Waals surface area (Å²) in [6, 6.07) is 5.63. The third-order valence-corrected chi connectivity index (χ3v) is 3.26. The Morgan fingerprint density at radius 1 is 1.25 bits per heavy atom. The van der Waals surface area contributed by atoms with Gasteiger partial charge in [0.15, 0.2) is 6.10 Å². The molecule has 0 saturated heterocycles. The van der Waals surface area contributed by atoms with Crippen molar-refractivity contribution in [2.24, 2.45) is 0 Å². The fraction of sp³-hybridized carbons (Fsp3) is 0.231. The highest BCUT2D eigenvalue weighted by Crippen LogP contribution is 2.32. The Bertz CT molecular complexity index is 609. The molecule has 0 aliphatic rings. The molecule has 1 aromatic heterocycles. The Kier molecular flexibility index (Phi) is 4.19. The molecule has 1 aromatic carbocycles. The van der Waals surface area contributed by atoms with Crippen molar-refractivity contribution in [2.45, 2.75) is 18.8 Å². The maximum atomic E-state index is 13.6. The van der Waals surface area contributed by atoms with E-state index in [9.17, 15) is 17.6 Å². The van der Waals surface area contributed by atoms with E-state index in [1.807, 2.05) is 0 Å². The van der Waals surface area contributed by atoms with Crippen LogP contribution in [0.3, 0.4) is 0 Å². The third-order valence-electron chi connectivity index (χ3n) is 2.77. The maximum Gasteiger partial charge on any atom is 0.418 e. The summed E-state index contributed by atoms with van der Waals surface area (Å²) in [6.45, 7) is 0.0870. The van der Waals surface area contributed by atoms with Gasteiger partial charge in [0.25, 0.3) is 0 Å². The van der Waals surface area contributed by atoms with E-state index >= 15 is 0 Å². The lowest BCUT2D eigenvalue weighted by molar-refractivity contribution is -0.206. The molecule has 2 aromatic rings. The quantitative estimate of drug-likeness (QED) is 0.829. The lowest BCUT2D eigenvalue weighted by atomic mass is 10.2. The van der Waals surface area contributed by atoms with E-state index < -0.39 is 18.1 Å². The monoisotopic (exact) mass is 351 g/mol. The van der Waals surface area contributed by atoms with Gasteiger partial charge < -0.3 is 9.67 Å². The number of rotatable bonds is 3. The number of hydrogen-bond donors (Lipinski definition) is 1. The predicted octanol–water partition coefficient (Wildman–Crippen LogP) is 4.03. The number of hydrogen-bond acceptors (Lipinski definition) is 1. The highest BCUT2D eigenvalue weighted by Gasteiger charge is 2.39. The van der Waals surface area contributed by atoms with Crippen LogP contribution in [-0.4, -0.2) is 15.8 Å². The molecule has 0 aliphatic carbocycles. The summed E-state index contributed by atoms with van der Waals surface area (Å²) in [7, 11) is 0. The van der Waals surface area contributed by atoms with E-state index in [0.717, 1.165) is 12.3 Å². The first-order valence-corrected chi connectivity index (χ1v) is 6.41. The smallest absolute Gasteiger partial charge is 0.379 e. The summed E-state index contributed by atoms with van der Waals surface area (Å²) < 4.78 is 52.7. The van der Waals surface area contributed by atoms with E-state index in [0.29, 0.717) is 10.0 Å². The van der Waals surface area contributed by atoms with E-state index in [1.165, 1.54) is 16.8 Å². The van der Waals surface area contributed by atoms with Crippen molar-refractivity contribution in [2.75, 3.05) is 0 Å². The molecule has 108 valence electrons. The molecule has 2 rings (SSSR count). The van der Waals surface area contributed by atoms with Gasteiger partial charge in [0, 0.05) is 34.5 Å². The van der Waals surface area contributed by atoms with Gasteiger partial charge in [-0.15, -0.1) is 0 Å². The van der Waals surface area contributed by atoms with Crippen LogP contribution < -0.4 is 0 Å². The number of nitrogens with zero attached hydrogens (tertiary/aromatic N) is 1. The highest BCUT2D eigenvalue weighted by atomic mass is 79.9. The first-order chi connectivity index (χ1) is 9.27. The normalized spacial score (nSPS) is 13.5. The zero-order valence-corrected chi connectivity index (χ0v) is 11.6. The van der Waals surface area contributed by atoms with Crippen molar-refractivity contribution >= 4 is 15.9 Å². The molecule has 0 bridgehead atoms. The maximum absolute atomic E-state index is 13.6. The van der Waals surface area contributed by atoms with Crippen molar-refractivity contribution in [1.29, 1.82) is 0 Å². The van der Waals surface area contributed by atoms with Gasteiger partial charge in [-0.2, -0.15) is 13.2 Å². The van der Waals surface area contributed by atoms with Crippen molar-refractivity contribution in [3.8, 4) is 0 Å². The van der Waals surface area contributed by atoms with Crippen LogP contribution in [0.1, 0.15) is 17.2 Å². The molecular weight excluding hydrogens is 342 g/mol. The topological polar surface area (TPSA) is 25.2 Å². The second kappa shape index (κ2) is 5.57. The Morgan fingerprint density at radius 3 is 2.55 bits per heavy atom. The number of aliphatic hydroxyl groups excluding tert-OH is 1. The van der Waals surface area contributed by atoms with Crippen molar-refractivity contribution < 1.29 is 22.7 Å². The van der Waals surface area contributed by atoms with E-state index in [4.69, 9.17) is 5.11 Å². The Balaban J connectivity index is 2.18. The summed E-state index contributed by atoms with van der Waals surface area (Å²) in [4.78, 5) is 0. The number of aromatic nitrogens is 1. The van der Waals surface area contributed by atoms with E-state index in [-0.39, 0.29) is 12.1 Å². The van der Waals surface area contributed by atoms with E-state index in [1.54, 1.807) is 12.1 Å². The lowest BCUT2D eigenvalue weighted by Gasteiger charge is -2.12. The van der Waals surface area contributed by atoms with Crippen LogP contribution in [0.5, 0.6) is 0 Å². The summed E-state index contributed by atoms with van der Waals surface area (Å²) in [5.41, 5.74) is 0.0758. The third kappa shape index (κ3) is 3.40. The minimum atomic E-state index is -4.71. The molecule has 1 unspecified atom stereocenters. The van der Waals surface area contributed by atoms with Gasteiger partial charge in [-0.3, -0.25) is 0 Å². The van der Waals surface area contributed by atoms with Gasteiger partial charge in [-0.1, -0.05) is 22.0 Å². The molecule has 0 spiro atoms. The number of halogens is 5. The summed E-state index contributed by atoms with van der Waals surface area (Å²) >= 11 is 3.12. The average molecular weight is 352 g/mol. The molecule has 0 radical (unpaired) electrons. The molecule has 1 heterocycles. The molecule has 20 heavy (non-hydrogen) atoms. The van der Waals surface area contributed by atoms with Gasteiger partial charge in [-0.05, 0) is 18.2 Å². The van der Waals surface area contributed by atoms with Crippen LogP contribution in [0.4, 0.5) is 17.6 Å². The average Bonchev–Trinajstić information content (AvgIpc) is 2.79. The molecule has 0 aliphatic heterocycles. The SMILES string of the molecule is OC(c1ccn(Cc2ccc(Br)cc2F)c1)C(F)(F)F. The first-order valence-electron chi connectivity index (χ1n) is 5.62. The second-order valence-corrected chi connectivity index (χ2v) is 5.21. The minimum Gasteiger partial charge on any atom is -0.379 e. The highest BCUT2D eigenvalue weighted by molar-refractivity contribution is 9.10. The first kappa shape index (κ1) is 15.1. The van der Waals surface area contributed by atoms with Gasteiger partial charge in [0.2, 0.25) is 0 Å². The second-order valence-electron chi connectivity index (χ2n) is 4.30. The number of benzene rings is 1. The predicted molar refractivity (Wildman–Crippen MR) is 68.6 cm³/mol. The Morgan fingerprint density at radius 2 is 1.95 bits per heavy atom.